The van der Waals surface area contributed by atoms with E-state index in [-0.39, 0.29) is 23.6 Å². The highest BCUT2D eigenvalue weighted by Crippen LogP contribution is 2.38. The number of esters is 1. The molecule has 150 valence electrons. The first kappa shape index (κ1) is 19.9. The van der Waals surface area contributed by atoms with Crippen molar-refractivity contribution < 1.29 is 32.0 Å². The number of nitrogens with zero attached hydrogens (tertiary/aromatic N) is 1. The van der Waals surface area contributed by atoms with Crippen molar-refractivity contribution in [1.82, 2.24) is 5.16 Å². The van der Waals surface area contributed by atoms with E-state index in [9.17, 15) is 22.8 Å². The monoisotopic (exact) mass is 396 g/mol. The molecular formula is C19H19F3N2O4. The fourth-order valence-corrected chi connectivity index (χ4v) is 3.16. The summed E-state index contributed by atoms with van der Waals surface area (Å²) in [7, 11) is 0. The minimum absolute atomic E-state index is 0.0833. The summed E-state index contributed by atoms with van der Waals surface area (Å²) in [5.41, 5.74) is 0.718. The number of hydrogen-bond donors (Lipinski definition) is 1. The Kier molecular flexibility index (Phi) is 5.71. The van der Waals surface area contributed by atoms with Gasteiger partial charge in [-0.3, -0.25) is 9.59 Å². The number of anilines is 1. The van der Waals surface area contributed by atoms with Crippen molar-refractivity contribution in [2.45, 2.75) is 45.2 Å². The molecule has 0 spiro atoms. The first-order valence-corrected chi connectivity index (χ1v) is 8.93. The second kappa shape index (κ2) is 8.04. The summed E-state index contributed by atoms with van der Waals surface area (Å²) < 4.78 is 50.0. The first-order valence-electron chi connectivity index (χ1n) is 8.93. The molecule has 0 saturated carbocycles. The van der Waals surface area contributed by atoms with E-state index in [4.69, 9.17) is 4.52 Å². The number of fused-ring (bicyclic) bond motifs is 1. The molecule has 6 nitrogen and oxygen atoms in total. The second-order valence-corrected chi connectivity index (χ2v) is 6.47. The molecule has 0 aliphatic heterocycles. The molecule has 1 amide bonds. The van der Waals surface area contributed by atoms with Crippen LogP contribution in [-0.4, -0.2) is 23.6 Å². The highest BCUT2D eigenvalue weighted by atomic mass is 19.4. The SMILES string of the molecule is CCOC(=O)CC(=O)Nc1cc(-c2onc3c2CCCC3)cc(C(F)(F)F)c1. The Morgan fingerprint density at radius 2 is 1.96 bits per heavy atom. The van der Waals surface area contributed by atoms with Crippen LogP contribution in [0.2, 0.25) is 0 Å². The first-order chi connectivity index (χ1) is 13.3. The summed E-state index contributed by atoms with van der Waals surface area (Å²) >= 11 is 0. The van der Waals surface area contributed by atoms with Crippen LogP contribution in [0.5, 0.6) is 0 Å². The summed E-state index contributed by atoms with van der Waals surface area (Å²) in [6.45, 7) is 1.70. The molecule has 1 aromatic heterocycles. The molecular weight excluding hydrogens is 377 g/mol. The van der Waals surface area contributed by atoms with Gasteiger partial charge in [-0.15, -0.1) is 0 Å². The van der Waals surface area contributed by atoms with Gasteiger partial charge in [-0.05, 0) is 50.8 Å². The molecule has 1 aliphatic carbocycles. The number of carbonyl (C=O) groups is 2. The number of carbonyl (C=O) groups excluding carboxylic acids is 2. The summed E-state index contributed by atoms with van der Waals surface area (Å²) in [6.07, 6.45) is -1.94. The van der Waals surface area contributed by atoms with E-state index in [1.54, 1.807) is 6.92 Å². The molecule has 0 unspecified atom stereocenters. The molecule has 0 atom stereocenters. The molecule has 1 aliphatic rings. The van der Waals surface area contributed by atoms with Crippen LogP contribution < -0.4 is 5.32 Å². The van der Waals surface area contributed by atoms with Crippen LogP contribution in [-0.2, 0) is 33.3 Å². The van der Waals surface area contributed by atoms with E-state index in [2.05, 4.69) is 15.2 Å². The standard InChI is InChI=1S/C19H19F3N2O4/c1-2-27-17(26)10-16(25)23-13-8-11(7-12(9-13)19(20,21)22)18-14-5-3-4-6-15(14)24-28-18/h7-9H,2-6,10H2,1H3,(H,23,25). The molecule has 0 radical (unpaired) electrons. The number of aryl methyl sites for hydroxylation is 1. The van der Waals surface area contributed by atoms with Gasteiger partial charge >= 0.3 is 12.1 Å². The zero-order valence-corrected chi connectivity index (χ0v) is 15.2. The number of ether oxygens (including phenoxy) is 1. The maximum absolute atomic E-state index is 13.3. The van der Waals surface area contributed by atoms with Crippen molar-refractivity contribution in [2.75, 3.05) is 11.9 Å². The van der Waals surface area contributed by atoms with Crippen molar-refractivity contribution in [2.24, 2.45) is 0 Å². The van der Waals surface area contributed by atoms with Gasteiger partial charge in [-0.25, -0.2) is 0 Å². The van der Waals surface area contributed by atoms with Crippen molar-refractivity contribution >= 4 is 17.6 Å². The summed E-state index contributed by atoms with van der Waals surface area (Å²) in [5.74, 6) is -1.23. The number of alkyl halides is 3. The minimum Gasteiger partial charge on any atom is -0.466 e. The van der Waals surface area contributed by atoms with E-state index < -0.39 is 30.0 Å². The third-order valence-corrected chi connectivity index (χ3v) is 4.38. The highest BCUT2D eigenvalue weighted by molar-refractivity contribution is 6.02. The van der Waals surface area contributed by atoms with E-state index in [1.807, 2.05) is 0 Å². The van der Waals surface area contributed by atoms with Gasteiger partial charge in [0, 0.05) is 16.8 Å². The fraction of sp³-hybridized carbons (Fsp3) is 0.421. The van der Waals surface area contributed by atoms with Gasteiger partial charge in [-0.1, -0.05) is 5.16 Å². The lowest BCUT2D eigenvalue weighted by Crippen LogP contribution is -2.18. The molecule has 0 fully saturated rings. The molecule has 2 aromatic rings. The van der Waals surface area contributed by atoms with E-state index in [0.717, 1.165) is 42.7 Å². The molecule has 0 bridgehead atoms. The average Bonchev–Trinajstić information content (AvgIpc) is 3.04. The lowest BCUT2D eigenvalue weighted by Gasteiger charge is -2.14. The average molecular weight is 396 g/mol. The summed E-state index contributed by atoms with van der Waals surface area (Å²) in [5, 5.41) is 6.29. The van der Waals surface area contributed by atoms with Crippen molar-refractivity contribution in [3.63, 3.8) is 0 Å². The van der Waals surface area contributed by atoms with Gasteiger partial charge < -0.3 is 14.6 Å². The fourth-order valence-electron chi connectivity index (χ4n) is 3.16. The predicted molar refractivity (Wildman–Crippen MR) is 93.5 cm³/mol. The number of amides is 1. The molecule has 1 N–H and O–H groups in total. The van der Waals surface area contributed by atoms with Crippen molar-refractivity contribution in [3.8, 4) is 11.3 Å². The van der Waals surface area contributed by atoms with Crippen molar-refractivity contribution in [3.05, 3.63) is 35.0 Å². The Labute approximate surface area is 159 Å². The van der Waals surface area contributed by atoms with Crippen molar-refractivity contribution in [1.29, 1.82) is 0 Å². The number of halogens is 3. The second-order valence-electron chi connectivity index (χ2n) is 6.47. The summed E-state index contributed by atoms with van der Waals surface area (Å²) in [4.78, 5) is 23.4. The van der Waals surface area contributed by atoms with Crippen LogP contribution in [0.1, 0.15) is 43.0 Å². The zero-order valence-electron chi connectivity index (χ0n) is 15.2. The molecule has 1 aromatic carbocycles. The van der Waals surface area contributed by atoms with Gasteiger partial charge in [0.2, 0.25) is 5.91 Å². The Morgan fingerprint density at radius 1 is 1.21 bits per heavy atom. The smallest absolute Gasteiger partial charge is 0.416 e. The number of benzene rings is 1. The Morgan fingerprint density at radius 3 is 2.68 bits per heavy atom. The number of rotatable bonds is 5. The summed E-state index contributed by atoms with van der Waals surface area (Å²) in [6, 6.07) is 3.17. The third-order valence-electron chi connectivity index (χ3n) is 4.38. The van der Waals surface area contributed by atoms with Crippen LogP contribution in [0.3, 0.4) is 0 Å². The Balaban J connectivity index is 1.93. The number of nitrogens with one attached hydrogen (secondary N) is 1. The lowest BCUT2D eigenvalue weighted by molar-refractivity contribution is -0.145. The number of aromatic nitrogens is 1. The van der Waals surface area contributed by atoms with Crippen LogP contribution in [0.15, 0.2) is 22.7 Å². The van der Waals surface area contributed by atoms with E-state index >= 15 is 0 Å². The molecule has 1 heterocycles. The highest BCUT2D eigenvalue weighted by Gasteiger charge is 2.32. The van der Waals surface area contributed by atoms with Crippen LogP contribution >= 0.6 is 0 Å². The van der Waals surface area contributed by atoms with Gasteiger partial charge in [0.15, 0.2) is 5.76 Å². The van der Waals surface area contributed by atoms with Crippen LogP contribution in [0.25, 0.3) is 11.3 Å². The predicted octanol–water partition coefficient (Wildman–Crippen LogP) is 4.13. The Bertz CT molecular complexity index is 890. The Hall–Kier alpha value is -2.84. The molecule has 9 heteroatoms. The quantitative estimate of drug-likeness (QED) is 0.607. The topological polar surface area (TPSA) is 81.4 Å². The van der Waals surface area contributed by atoms with Crippen LogP contribution in [0.4, 0.5) is 18.9 Å². The zero-order chi connectivity index (χ0) is 20.3. The minimum atomic E-state index is -4.61. The van der Waals surface area contributed by atoms with Gasteiger partial charge in [0.1, 0.15) is 6.42 Å². The lowest BCUT2D eigenvalue weighted by atomic mass is 9.93. The normalized spacial score (nSPS) is 13.7. The van der Waals surface area contributed by atoms with Gasteiger partial charge in [-0.2, -0.15) is 13.2 Å². The molecule has 0 saturated heterocycles. The van der Waals surface area contributed by atoms with E-state index in [1.165, 1.54) is 6.07 Å². The maximum atomic E-state index is 13.3. The maximum Gasteiger partial charge on any atom is 0.416 e. The van der Waals surface area contributed by atoms with Gasteiger partial charge in [0.25, 0.3) is 0 Å². The molecule has 28 heavy (non-hydrogen) atoms. The van der Waals surface area contributed by atoms with E-state index in [0.29, 0.717) is 6.42 Å². The largest absolute Gasteiger partial charge is 0.466 e. The molecule has 3 rings (SSSR count). The van der Waals surface area contributed by atoms with Crippen LogP contribution in [0, 0.1) is 0 Å². The third kappa shape index (κ3) is 4.52. The number of hydrogen-bond acceptors (Lipinski definition) is 5. The van der Waals surface area contributed by atoms with Gasteiger partial charge in [0.05, 0.1) is 17.9 Å².